The zero-order chi connectivity index (χ0) is 7.28. The summed E-state index contributed by atoms with van der Waals surface area (Å²) in [7, 11) is 1.69. The minimum absolute atomic E-state index is 0.411. The van der Waals surface area contributed by atoms with Gasteiger partial charge in [0.2, 0.25) is 6.43 Å². The van der Waals surface area contributed by atoms with Gasteiger partial charge in [0.1, 0.15) is 0 Å². The van der Waals surface area contributed by atoms with Gasteiger partial charge < -0.3 is 5.32 Å². The highest BCUT2D eigenvalue weighted by Crippen LogP contribution is 2.11. The molecule has 3 heteroatoms. The van der Waals surface area contributed by atoms with Crippen LogP contribution in [0, 0.1) is 5.92 Å². The van der Waals surface area contributed by atoms with Crippen LogP contribution in [0.1, 0.15) is 13.3 Å². The van der Waals surface area contributed by atoms with E-state index in [-0.39, 0.29) is 0 Å². The van der Waals surface area contributed by atoms with Gasteiger partial charge in [-0.1, -0.05) is 6.92 Å². The largest absolute Gasteiger partial charge is 0.319 e. The maximum Gasteiger partial charge on any atom is 0.242 e. The first-order chi connectivity index (χ1) is 4.22. The predicted molar refractivity (Wildman–Crippen MR) is 33.7 cm³/mol. The molecule has 0 saturated heterocycles. The van der Waals surface area contributed by atoms with Crippen LogP contribution in [0.4, 0.5) is 8.78 Å². The molecule has 0 bridgehead atoms. The van der Waals surface area contributed by atoms with E-state index in [9.17, 15) is 8.78 Å². The van der Waals surface area contributed by atoms with Gasteiger partial charge in [0.15, 0.2) is 0 Å². The second kappa shape index (κ2) is 4.68. The molecule has 9 heavy (non-hydrogen) atoms. The summed E-state index contributed by atoms with van der Waals surface area (Å²) in [6.45, 7) is 2.18. The Morgan fingerprint density at radius 3 is 2.11 bits per heavy atom. The maximum absolute atomic E-state index is 11.8. The molecule has 0 heterocycles. The summed E-state index contributed by atoms with van der Waals surface area (Å²) in [5.74, 6) is -0.477. The molecular formula is C6H13F2N. The van der Waals surface area contributed by atoms with Crippen LogP contribution in [0.15, 0.2) is 0 Å². The molecule has 0 aliphatic heterocycles. The Morgan fingerprint density at radius 2 is 2.00 bits per heavy atom. The number of halogens is 2. The van der Waals surface area contributed by atoms with E-state index in [0.717, 1.165) is 0 Å². The molecule has 0 aromatic heterocycles. The topological polar surface area (TPSA) is 12.0 Å². The van der Waals surface area contributed by atoms with Gasteiger partial charge in [-0.15, -0.1) is 0 Å². The van der Waals surface area contributed by atoms with Gasteiger partial charge in [0.05, 0.1) is 0 Å². The van der Waals surface area contributed by atoms with Crippen molar-refractivity contribution >= 4 is 0 Å². The fourth-order valence-corrected chi connectivity index (χ4v) is 0.674. The number of alkyl halides is 2. The van der Waals surface area contributed by atoms with Crippen molar-refractivity contribution in [1.29, 1.82) is 0 Å². The van der Waals surface area contributed by atoms with Crippen molar-refractivity contribution in [3.63, 3.8) is 0 Å². The Kier molecular flexibility index (Phi) is 4.58. The third-order valence-electron chi connectivity index (χ3n) is 1.35. The lowest BCUT2D eigenvalue weighted by molar-refractivity contribution is 0.0757. The summed E-state index contributed by atoms with van der Waals surface area (Å²) in [6.07, 6.45) is -1.64. The van der Waals surface area contributed by atoms with Gasteiger partial charge in [0.25, 0.3) is 0 Å². The second-order valence-corrected chi connectivity index (χ2v) is 2.06. The zero-order valence-electron chi connectivity index (χ0n) is 5.82. The van der Waals surface area contributed by atoms with E-state index in [1.165, 1.54) is 0 Å². The molecule has 0 unspecified atom stereocenters. The first kappa shape index (κ1) is 8.82. The minimum atomic E-state index is -2.18. The highest BCUT2D eigenvalue weighted by atomic mass is 19.3. The van der Waals surface area contributed by atoms with Gasteiger partial charge in [0, 0.05) is 12.5 Å². The molecule has 0 rings (SSSR count). The molecule has 1 atom stereocenters. The number of nitrogens with one attached hydrogen (secondary N) is 1. The monoisotopic (exact) mass is 137 g/mol. The van der Waals surface area contributed by atoms with Crippen molar-refractivity contribution in [2.24, 2.45) is 5.92 Å². The quantitative estimate of drug-likeness (QED) is 0.619. The molecule has 0 fully saturated rings. The number of hydrogen-bond donors (Lipinski definition) is 1. The lowest BCUT2D eigenvalue weighted by atomic mass is 10.1. The molecule has 0 aliphatic carbocycles. The molecule has 0 aromatic rings. The molecule has 0 aromatic carbocycles. The molecule has 0 spiro atoms. The van der Waals surface area contributed by atoms with E-state index in [4.69, 9.17) is 0 Å². The second-order valence-electron chi connectivity index (χ2n) is 2.06. The van der Waals surface area contributed by atoms with Crippen molar-refractivity contribution in [2.45, 2.75) is 19.8 Å². The lowest BCUT2D eigenvalue weighted by Crippen LogP contribution is -2.23. The first-order valence-corrected chi connectivity index (χ1v) is 3.15. The normalized spacial score (nSPS) is 14.3. The van der Waals surface area contributed by atoms with E-state index in [0.29, 0.717) is 13.0 Å². The summed E-state index contributed by atoms with van der Waals surface area (Å²) in [5.41, 5.74) is 0. The van der Waals surface area contributed by atoms with Crippen molar-refractivity contribution in [1.82, 2.24) is 5.32 Å². The lowest BCUT2D eigenvalue weighted by Gasteiger charge is -2.11. The predicted octanol–water partition coefficient (Wildman–Crippen LogP) is 1.50. The first-order valence-electron chi connectivity index (χ1n) is 3.15. The number of hydrogen-bond acceptors (Lipinski definition) is 1. The van der Waals surface area contributed by atoms with Crippen LogP contribution in [0.5, 0.6) is 0 Å². The smallest absolute Gasteiger partial charge is 0.242 e. The number of rotatable bonds is 4. The average Bonchev–Trinajstić information content (AvgIpc) is 1.82. The van der Waals surface area contributed by atoms with E-state index in [1.54, 1.807) is 14.0 Å². The molecule has 1 nitrogen and oxygen atoms in total. The standard InChI is InChI=1S/C6H13F2N/c1-3-5(4-9-2)6(7)8/h5-6,9H,3-4H2,1-2H3/t5-/m1/s1. The van der Waals surface area contributed by atoms with Crippen molar-refractivity contribution in [3.8, 4) is 0 Å². The molecule has 1 N–H and O–H groups in total. The Morgan fingerprint density at radius 1 is 1.44 bits per heavy atom. The SMILES string of the molecule is CC[C@H](CNC)C(F)F. The minimum Gasteiger partial charge on any atom is -0.319 e. The fraction of sp³-hybridized carbons (Fsp3) is 1.00. The maximum atomic E-state index is 11.8. The van der Waals surface area contributed by atoms with Crippen molar-refractivity contribution in [3.05, 3.63) is 0 Å². The van der Waals surface area contributed by atoms with Gasteiger partial charge >= 0.3 is 0 Å². The molecule has 0 saturated carbocycles. The third kappa shape index (κ3) is 3.40. The molecule has 0 aliphatic rings. The molecule has 0 amide bonds. The van der Waals surface area contributed by atoms with Crippen LogP contribution in [0.3, 0.4) is 0 Å². The van der Waals surface area contributed by atoms with Crippen LogP contribution >= 0.6 is 0 Å². The van der Waals surface area contributed by atoms with Gasteiger partial charge in [-0.25, -0.2) is 8.78 Å². The highest BCUT2D eigenvalue weighted by molar-refractivity contribution is 4.60. The molecule has 56 valence electrons. The van der Waals surface area contributed by atoms with E-state index < -0.39 is 12.3 Å². The summed E-state index contributed by atoms with van der Waals surface area (Å²) in [6, 6.07) is 0. The highest BCUT2D eigenvalue weighted by Gasteiger charge is 2.16. The Bertz CT molecular complexity index is 66.1. The van der Waals surface area contributed by atoms with Gasteiger partial charge in [-0.05, 0) is 13.5 Å². The summed E-state index contributed by atoms with van der Waals surface area (Å²) < 4.78 is 23.7. The summed E-state index contributed by atoms with van der Waals surface area (Å²) in [5, 5.41) is 2.72. The van der Waals surface area contributed by atoms with Crippen LogP contribution in [0.25, 0.3) is 0 Å². The van der Waals surface area contributed by atoms with Crippen LogP contribution in [0.2, 0.25) is 0 Å². The van der Waals surface area contributed by atoms with Crippen LogP contribution < -0.4 is 5.32 Å². The van der Waals surface area contributed by atoms with Crippen molar-refractivity contribution < 1.29 is 8.78 Å². The van der Waals surface area contributed by atoms with Crippen LogP contribution in [-0.4, -0.2) is 20.0 Å². The van der Waals surface area contributed by atoms with E-state index >= 15 is 0 Å². The zero-order valence-corrected chi connectivity index (χ0v) is 5.82. The molecule has 0 radical (unpaired) electrons. The van der Waals surface area contributed by atoms with Gasteiger partial charge in [-0.2, -0.15) is 0 Å². The van der Waals surface area contributed by atoms with E-state index in [2.05, 4.69) is 5.32 Å². The van der Waals surface area contributed by atoms with Crippen molar-refractivity contribution in [2.75, 3.05) is 13.6 Å². The average molecular weight is 137 g/mol. The summed E-state index contributed by atoms with van der Waals surface area (Å²) >= 11 is 0. The van der Waals surface area contributed by atoms with E-state index in [1.807, 2.05) is 0 Å². The van der Waals surface area contributed by atoms with Crippen LogP contribution in [-0.2, 0) is 0 Å². The molecular weight excluding hydrogens is 124 g/mol. The Hall–Kier alpha value is -0.180. The summed E-state index contributed by atoms with van der Waals surface area (Å²) in [4.78, 5) is 0. The Balaban J connectivity index is 3.41. The third-order valence-corrected chi connectivity index (χ3v) is 1.35. The Labute approximate surface area is 54.4 Å². The van der Waals surface area contributed by atoms with Gasteiger partial charge in [-0.3, -0.25) is 0 Å². The fourth-order valence-electron chi connectivity index (χ4n) is 0.674.